The molecule has 1 saturated heterocycles. The minimum atomic E-state index is -0.938. The van der Waals surface area contributed by atoms with Gasteiger partial charge >= 0.3 is 5.97 Å². The number of amides is 1. The molecule has 4 atom stereocenters. The maximum absolute atomic E-state index is 14.0. The molecule has 1 amide bonds. The third kappa shape index (κ3) is 3.94. The molecule has 0 radical (unpaired) electrons. The van der Waals surface area contributed by atoms with Crippen molar-refractivity contribution in [2.75, 3.05) is 13.1 Å². The topological polar surface area (TPSA) is 95.7 Å². The zero-order valence-electron chi connectivity index (χ0n) is 16.8. The lowest BCUT2D eigenvalue weighted by molar-refractivity contribution is -0.145. The van der Waals surface area contributed by atoms with Gasteiger partial charge in [0.05, 0.1) is 11.5 Å². The Morgan fingerprint density at radius 2 is 1.94 bits per heavy atom. The van der Waals surface area contributed by atoms with Crippen LogP contribution in [-0.4, -0.2) is 52.2 Å². The molecule has 0 bridgehead atoms. The number of carbonyl (C=O) groups is 2. The summed E-state index contributed by atoms with van der Waals surface area (Å²) < 4.78 is 32.1. The molecule has 5 rings (SSSR count). The molecule has 2 heterocycles. The van der Waals surface area contributed by atoms with Gasteiger partial charge in [-0.1, -0.05) is 5.16 Å². The van der Waals surface area contributed by atoms with E-state index >= 15 is 0 Å². The maximum Gasteiger partial charge on any atom is 0.309 e. The lowest BCUT2D eigenvalue weighted by atomic mass is 9.90. The van der Waals surface area contributed by atoms with Gasteiger partial charge in [-0.2, -0.15) is 0 Å². The Morgan fingerprint density at radius 1 is 1.16 bits per heavy atom. The highest BCUT2D eigenvalue weighted by Gasteiger charge is 2.49. The average molecular weight is 431 g/mol. The van der Waals surface area contributed by atoms with Crippen molar-refractivity contribution >= 4 is 11.9 Å². The van der Waals surface area contributed by atoms with E-state index in [-0.39, 0.29) is 17.0 Å². The van der Waals surface area contributed by atoms with Crippen LogP contribution in [0, 0.1) is 29.4 Å². The monoisotopic (exact) mass is 431 g/mol. The molecule has 164 valence electrons. The third-order valence-corrected chi connectivity index (χ3v) is 6.95. The molecule has 1 aromatic heterocycles. The number of nitrogens with one attached hydrogen (secondary N) is 1. The summed E-state index contributed by atoms with van der Waals surface area (Å²) in [6.45, 7) is 1.15. The fourth-order valence-electron chi connectivity index (χ4n) is 5.15. The summed E-state index contributed by atoms with van der Waals surface area (Å²) in [5, 5.41) is 16.2. The van der Waals surface area contributed by atoms with E-state index in [1.165, 1.54) is 18.6 Å². The Labute approximate surface area is 177 Å². The number of carboxylic acid groups (broad SMARTS) is 1. The van der Waals surface area contributed by atoms with Crippen LogP contribution in [0.5, 0.6) is 0 Å². The molecule has 1 aliphatic heterocycles. The van der Waals surface area contributed by atoms with Gasteiger partial charge in [-0.25, -0.2) is 8.78 Å². The van der Waals surface area contributed by atoms with E-state index in [4.69, 9.17) is 4.52 Å². The van der Waals surface area contributed by atoms with Gasteiger partial charge in [0, 0.05) is 37.3 Å². The molecule has 2 saturated carbocycles. The first-order valence-corrected chi connectivity index (χ1v) is 10.6. The lowest BCUT2D eigenvalue weighted by Gasteiger charge is -2.40. The smallest absolute Gasteiger partial charge is 0.309 e. The maximum atomic E-state index is 14.0. The second-order valence-electron chi connectivity index (χ2n) is 8.89. The molecule has 3 aliphatic rings. The van der Waals surface area contributed by atoms with E-state index in [0.29, 0.717) is 19.0 Å². The fraction of sp³-hybridized carbons (Fsp3) is 0.500. The van der Waals surface area contributed by atoms with Crippen LogP contribution in [0.25, 0.3) is 11.3 Å². The van der Waals surface area contributed by atoms with Gasteiger partial charge in [0.1, 0.15) is 11.6 Å². The Bertz CT molecular complexity index is 1020. The number of halogens is 2. The van der Waals surface area contributed by atoms with Crippen LogP contribution in [-0.2, 0) is 4.79 Å². The predicted molar refractivity (Wildman–Crippen MR) is 105 cm³/mol. The van der Waals surface area contributed by atoms with E-state index < -0.39 is 35.5 Å². The summed E-state index contributed by atoms with van der Waals surface area (Å²) >= 11 is 0. The van der Waals surface area contributed by atoms with E-state index in [0.717, 1.165) is 43.4 Å². The zero-order valence-corrected chi connectivity index (χ0v) is 16.8. The Kier molecular flexibility index (Phi) is 5.00. The molecular weight excluding hydrogens is 408 g/mol. The number of benzene rings is 1. The van der Waals surface area contributed by atoms with Crippen LogP contribution < -0.4 is 5.32 Å². The Hall–Kier alpha value is -2.81. The molecule has 0 spiro atoms. The number of carbonyl (C=O) groups excluding carboxylic acids is 1. The minimum Gasteiger partial charge on any atom is -0.481 e. The molecule has 7 nitrogen and oxygen atoms in total. The second-order valence-corrected chi connectivity index (χ2v) is 8.89. The molecule has 1 aromatic carbocycles. The van der Waals surface area contributed by atoms with Gasteiger partial charge < -0.3 is 14.9 Å². The van der Waals surface area contributed by atoms with Crippen LogP contribution >= 0.6 is 0 Å². The fourth-order valence-corrected chi connectivity index (χ4v) is 5.15. The molecular formula is C22H23F2N3O4. The van der Waals surface area contributed by atoms with Gasteiger partial charge in [0.15, 0.2) is 11.5 Å². The van der Waals surface area contributed by atoms with Crippen LogP contribution in [0.2, 0.25) is 0 Å². The normalized spacial score (nSPS) is 30.1. The van der Waals surface area contributed by atoms with Crippen molar-refractivity contribution < 1.29 is 28.0 Å². The Morgan fingerprint density at radius 3 is 2.65 bits per heavy atom. The number of hydrogen-bond acceptors (Lipinski definition) is 5. The van der Waals surface area contributed by atoms with Crippen molar-refractivity contribution in [1.29, 1.82) is 0 Å². The first-order chi connectivity index (χ1) is 14.9. The van der Waals surface area contributed by atoms with Crippen molar-refractivity contribution in [2.45, 2.75) is 37.8 Å². The molecule has 2 aliphatic carbocycles. The lowest BCUT2D eigenvalue weighted by Crippen LogP contribution is -2.55. The average Bonchev–Trinajstić information content (AvgIpc) is 3.13. The van der Waals surface area contributed by atoms with Crippen molar-refractivity contribution in [2.24, 2.45) is 17.8 Å². The highest BCUT2D eigenvalue weighted by molar-refractivity contribution is 5.93. The first-order valence-electron chi connectivity index (χ1n) is 10.6. The SMILES string of the molecule is O=C(N[C@H]1CCN(C2CC3CC3C2)C[C@@H]1C(=O)O)c1cc(-c2ccc(F)cc2F)on1. The van der Waals surface area contributed by atoms with E-state index in [2.05, 4.69) is 15.4 Å². The number of carboxylic acids is 1. The number of aromatic nitrogens is 1. The van der Waals surface area contributed by atoms with Crippen molar-refractivity contribution in [1.82, 2.24) is 15.4 Å². The summed E-state index contributed by atoms with van der Waals surface area (Å²) in [6.07, 6.45) is 4.14. The van der Waals surface area contributed by atoms with Gasteiger partial charge in [-0.3, -0.25) is 14.5 Å². The number of likely N-dealkylation sites (tertiary alicyclic amines) is 1. The largest absolute Gasteiger partial charge is 0.481 e. The standard InChI is InChI=1S/C22H23F2N3O4/c23-13-1-2-15(17(24)8-13)20-9-19(26-31-20)21(28)25-18-3-4-27(10-16(18)22(29)30)14-6-11-5-12(11)7-14/h1-2,8-9,11-12,14,16,18H,3-7,10H2,(H,25,28)(H,29,30)/t11?,12?,14?,16-,18-/m0/s1. The zero-order chi connectivity index (χ0) is 21.7. The van der Waals surface area contributed by atoms with Crippen molar-refractivity contribution in [3.8, 4) is 11.3 Å². The molecule has 2 aromatic rings. The summed E-state index contributed by atoms with van der Waals surface area (Å²) in [7, 11) is 0. The molecule has 9 heteroatoms. The van der Waals surface area contributed by atoms with Crippen LogP contribution in [0.15, 0.2) is 28.8 Å². The quantitative estimate of drug-likeness (QED) is 0.756. The molecule has 31 heavy (non-hydrogen) atoms. The van der Waals surface area contributed by atoms with Crippen molar-refractivity contribution in [3.63, 3.8) is 0 Å². The van der Waals surface area contributed by atoms with Crippen LogP contribution in [0.4, 0.5) is 8.78 Å². The van der Waals surface area contributed by atoms with Crippen LogP contribution in [0.1, 0.15) is 36.2 Å². The molecule has 2 unspecified atom stereocenters. The van der Waals surface area contributed by atoms with Crippen LogP contribution in [0.3, 0.4) is 0 Å². The number of aliphatic carboxylic acids is 1. The number of nitrogens with zero attached hydrogens (tertiary/aromatic N) is 2. The molecule has 2 N–H and O–H groups in total. The van der Waals surface area contributed by atoms with Gasteiger partial charge in [-0.15, -0.1) is 0 Å². The minimum absolute atomic E-state index is 0.00736. The first kappa shape index (κ1) is 20.1. The van der Waals surface area contributed by atoms with Gasteiger partial charge in [0.25, 0.3) is 5.91 Å². The highest BCUT2D eigenvalue weighted by Crippen LogP contribution is 2.53. The van der Waals surface area contributed by atoms with E-state index in [1.54, 1.807) is 0 Å². The van der Waals surface area contributed by atoms with E-state index in [1.807, 2.05) is 0 Å². The summed E-state index contributed by atoms with van der Waals surface area (Å²) in [5.74, 6) is -2.15. The number of hydrogen-bond donors (Lipinski definition) is 2. The third-order valence-electron chi connectivity index (χ3n) is 6.95. The second kappa shape index (κ2) is 7.71. The summed E-state index contributed by atoms with van der Waals surface area (Å²) in [5.41, 5.74) is -0.0968. The van der Waals surface area contributed by atoms with Crippen molar-refractivity contribution in [3.05, 3.63) is 41.6 Å². The Balaban J connectivity index is 1.25. The number of piperidine rings is 1. The molecule has 3 fully saturated rings. The summed E-state index contributed by atoms with van der Waals surface area (Å²) in [4.78, 5) is 26.8. The number of rotatable bonds is 5. The summed E-state index contributed by atoms with van der Waals surface area (Å²) in [6, 6.07) is 4.19. The van der Waals surface area contributed by atoms with E-state index in [9.17, 15) is 23.5 Å². The highest BCUT2D eigenvalue weighted by atomic mass is 19.1. The van der Waals surface area contributed by atoms with Gasteiger partial charge in [-0.05, 0) is 49.7 Å². The van der Waals surface area contributed by atoms with Gasteiger partial charge in [0.2, 0.25) is 0 Å². The predicted octanol–water partition coefficient (Wildman–Crippen LogP) is 2.92. The number of fused-ring (bicyclic) bond motifs is 1.